The molecule has 0 aliphatic heterocycles. The van der Waals surface area contributed by atoms with E-state index in [0.29, 0.717) is 5.82 Å². The van der Waals surface area contributed by atoms with Crippen molar-refractivity contribution in [3.63, 3.8) is 0 Å². The monoisotopic (exact) mass is 284 g/mol. The fourth-order valence-electron chi connectivity index (χ4n) is 1.81. The van der Waals surface area contributed by atoms with Crippen LogP contribution in [0.2, 0.25) is 0 Å². The predicted molar refractivity (Wildman–Crippen MR) is 85.2 cm³/mol. The zero-order chi connectivity index (χ0) is 15.1. The minimum Gasteiger partial charge on any atom is -0.383 e. The molecule has 1 amide bonds. The highest BCUT2D eigenvalue weighted by Crippen LogP contribution is 2.10. The van der Waals surface area contributed by atoms with E-state index in [4.69, 9.17) is 5.73 Å². The van der Waals surface area contributed by atoms with Gasteiger partial charge in [0, 0.05) is 6.54 Å². The number of carbonyl (C=O) groups excluding carboxylic acids is 1. The van der Waals surface area contributed by atoms with Gasteiger partial charge in [0.15, 0.2) is 0 Å². The second-order valence-electron chi connectivity index (χ2n) is 4.87. The summed E-state index contributed by atoms with van der Waals surface area (Å²) in [6.07, 6.45) is 2.64. The summed E-state index contributed by atoms with van der Waals surface area (Å²) in [5, 5.41) is 5.94. The van der Waals surface area contributed by atoms with Gasteiger partial charge >= 0.3 is 0 Å². The predicted octanol–water partition coefficient (Wildman–Crippen LogP) is 2.02. The lowest BCUT2D eigenvalue weighted by atomic mass is 10.1. The molecule has 0 saturated heterocycles. The largest absolute Gasteiger partial charge is 0.383 e. The molecule has 1 aromatic heterocycles. The number of nitrogens with two attached hydrogens (primary N) is 1. The fourth-order valence-corrected chi connectivity index (χ4v) is 1.81. The summed E-state index contributed by atoms with van der Waals surface area (Å²) in [6, 6.07) is 13.4. The second kappa shape index (κ2) is 7.40. The number of rotatable bonds is 6. The van der Waals surface area contributed by atoms with E-state index < -0.39 is 6.04 Å². The lowest BCUT2D eigenvalue weighted by Crippen LogP contribution is -2.32. The van der Waals surface area contributed by atoms with Gasteiger partial charge in [0.25, 0.3) is 0 Å². The molecule has 0 radical (unpaired) electrons. The maximum atomic E-state index is 11.4. The Labute approximate surface area is 124 Å². The molecule has 2 rings (SSSR count). The minimum absolute atomic E-state index is 0.243. The standard InChI is InChI=1S/C16H20N4O/c1-12(17)16(21)20-15-8-7-14(11-19-15)18-10-9-13-5-3-2-4-6-13/h2-8,11-12,18H,9-10,17H2,1H3,(H,19,20,21). The number of hydrogen-bond donors (Lipinski definition) is 3. The highest BCUT2D eigenvalue weighted by Gasteiger charge is 2.07. The molecule has 4 N–H and O–H groups in total. The molecule has 0 saturated carbocycles. The Hall–Kier alpha value is -2.40. The average molecular weight is 284 g/mol. The Kier molecular flexibility index (Phi) is 5.29. The first kappa shape index (κ1) is 15.0. The first-order chi connectivity index (χ1) is 10.1. The molecular formula is C16H20N4O. The molecule has 0 aliphatic rings. The van der Waals surface area contributed by atoms with Crippen LogP contribution >= 0.6 is 0 Å². The third kappa shape index (κ3) is 4.89. The van der Waals surface area contributed by atoms with Crippen molar-refractivity contribution in [2.24, 2.45) is 5.73 Å². The molecule has 110 valence electrons. The number of aromatic nitrogens is 1. The van der Waals surface area contributed by atoms with E-state index in [2.05, 4.69) is 27.8 Å². The van der Waals surface area contributed by atoms with Crippen LogP contribution in [0.25, 0.3) is 0 Å². The number of hydrogen-bond acceptors (Lipinski definition) is 4. The normalized spacial score (nSPS) is 11.7. The van der Waals surface area contributed by atoms with Crippen molar-refractivity contribution in [3.05, 3.63) is 54.2 Å². The van der Waals surface area contributed by atoms with Gasteiger partial charge in [-0.2, -0.15) is 0 Å². The first-order valence-electron chi connectivity index (χ1n) is 6.95. The third-order valence-electron chi connectivity index (χ3n) is 3.01. The van der Waals surface area contributed by atoms with Gasteiger partial charge in [0.05, 0.1) is 17.9 Å². The van der Waals surface area contributed by atoms with Crippen LogP contribution < -0.4 is 16.4 Å². The molecular weight excluding hydrogens is 264 g/mol. The summed E-state index contributed by atoms with van der Waals surface area (Å²) in [6.45, 7) is 2.46. The SMILES string of the molecule is CC(N)C(=O)Nc1ccc(NCCc2ccccc2)cn1. The number of nitrogens with one attached hydrogen (secondary N) is 2. The van der Waals surface area contributed by atoms with Gasteiger partial charge in [-0.25, -0.2) is 4.98 Å². The maximum absolute atomic E-state index is 11.4. The van der Waals surface area contributed by atoms with Crippen LogP contribution in [0.3, 0.4) is 0 Å². The molecule has 1 aromatic carbocycles. The van der Waals surface area contributed by atoms with Crippen LogP contribution in [0.1, 0.15) is 12.5 Å². The molecule has 1 atom stereocenters. The van der Waals surface area contributed by atoms with Gasteiger partial charge in [-0.15, -0.1) is 0 Å². The number of benzene rings is 1. The van der Waals surface area contributed by atoms with Crippen LogP contribution in [0, 0.1) is 0 Å². The molecule has 0 aliphatic carbocycles. The molecule has 2 aromatic rings. The topological polar surface area (TPSA) is 80.0 Å². The van der Waals surface area contributed by atoms with Crippen molar-refractivity contribution >= 4 is 17.4 Å². The van der Waals surface area contributed by atoms with Crippen molar-refractivity contribution < 1.29 is 4.79 Å². The lowest BCUT2D eigenvalue weighted by molar-refractivity contribution is -0.117. The number of anilines is 2. The number of amides is 1. The Morgan fingerprint density at radius 3 is 2.62 bits per heavy atom. The van der Waals surface area contributed by atoms with E-state index in [9.17, 15) is 4.79 Å². The number of nitrogens with zero attached hydrogens (tertiary/aromatic N) is 1. The summed E-state index contributed by atoms with van der Waals surface area (Å²) >= 11 is 0. The van der Waals surface area contributed by atoms with E-state index in [1.807, 2.05) is 24.3 Å². The zero-order valence-electron chi connectivity index (χ0n) is 12.0. The van der Waals surface area contributed by atoms with Crippen molar-refractivity contribution in [2.75, 3.05) is 17.2 Å². The number of carbonyl (C=O) groups is 1. The lowest BCUT2D eigenvalue weighted by Gasteiger charge is -2.09. The maximum Gasteiger partial charge on any atom is 0.242 e. The summed E-state index contributed by atoms with van der Waals surface area (Å²) in [7, 11) is 0. The van der Waals surface area contributed by atoms with Crippen molar-refractivity contribution in [2.45, 2.75) is 19.4 Å². The Balaban J connectivity index is 1.81. The molecule has 5 heteroatoms. The van der Waals surface area contributed by atoms with Gasteiger partial charge in [-0.05, 0) is 31.0 Å². The van der Waals surface area contributed by atoms with E-state index in [1.165, 1.54) is 5.56 Å². The van der Waals surface area contributed by atoms with Crippen LogP contribution in [0.4, 0.5) is 11.5 Å². The quantitative estimate of drug-likeness (QED) is 0.758. The van der Waals surface area contributed by atoms with Crippen LogP contribution in [-0.2, 0) is 11.2 Å². The fraction of sp³-hybridized carbons (Fsp3) is 0.250. The Bertz CT molecular complexity index is 567. The summed E-state index contributed by atoms with van der Waals surface area (Å²) in [4.78, 5) is 15.6. The smallest absolute Gasteiger partial charge is 0.242 e. The van der Waals surface area contributed by atoms with E-state index in [-0.39, 0.29) is 5.91 Å². The molecule has 1 heterocycles. The van der Waals surface area contributed by atoms with Crippen molar-refractivity contribution in [3.8, 4) is 0 Å². The van der Waals surface area contributed by atoms with Crippen LogP contribution in [0.5, 0.6) is 0 Å². The molecule has 1 unspecified atom stereocenters. The van der Waals surface area contributed by atoms with E-state index in [1.54, 1.807) is 19.2 Å². The van der Waals surface area contributed by atoms with Gasteiger partial charge in [-0.1, -0.05) is 30.3 Å². The van der Waals surface area contributed by atoms with Crippen LogP contribution in [0.15, 0.2) is 48.7 Å². The molecule has 5 nitrogen and oxygen atoms in total. The molecule has 0 spiro atoms. The second-order valence-corrected chi connectivity index (χ2v) is 4.87. The molecule has 0 bridgehead atoms. The van der Waals surface area contributed by atoms with Gasteiger partial charge in [0.1, 0.15) is 5.82 Å². The first-order valence-corrected chi connectivity index (χ1v) is 6.95. The molecule has 0 fully saturated rings. The summed E-state index contributed by atoms with van der Waals surface area (Å²) < 4.78 is 0. The van der Waals surface area contributed by atoms with Gasteiger partial charge < -0.3 is 16.4 Å². The van der Waals surface area contributed by atoms with E-state index in [0.717, 1.165) is 18.7 Å². The van der Waals surface area contributed by atoms with Gasteiger partial charge in [-0.3, -0.25) is 4.79 Å². The summed E-state index contributed by atoms with van der Waals surface area (Å²) in [5.41, 5.74) is 7.69. The molecule has 21 heavy (non-hydrogen) atoms. The van der Waals surface area contributed by atoms with Crippen molar-refractivity contribution in [1.82, 2.24) is 4.98 Å². The number of pyridine rings is 1. The highest BCUT2D eigenvalue weighted by atomic mass is 16.2. The zero-order valence-corrected chi connectivity index (χ0v) is 12.0. The van der Waals surface area contributed by atoms with Crippen molar-refractivity contribution in [1.29, 1.82) is 0 Å². The highest BCUT2D eigenvalue weighted by molar-refractivity contribution is 5.93. The summed E-state index contributed by atoms with van der Waals surface area (Å²) in [5.74, 6) is 0.262. The van der Waals surface area contributed by atoms with Crippen LogP contribution in [-0.4, -0.2) is 23.5 Å². The Morgan fingerprint density at radius 1 is 1.24 bits per heavy atom. The average Bonchev–Trinajstić information content (AvgIpc) is 2.50. The third-order valence-corrected chi connectivity index (χ3v) is 3.01. The Morgan fingerprint density at radius 2 is 2.00 bits per heavy atom. The van der Waals surface area contributed by atoms with Gasteiger partial charge in [0.2, 0.25) is 5.91 Å². The van der Waals surface area contributed by atoms with E-state index >= 15 is 0 Å². The minimum atomic E-state index is -0.546.